The highest BCUT2D eigenvalue weighted by Gasteiger charge is 2.19. The second kappa shape index (κ2) is 7.53. The fraction of sp³-hybridized carbons (Fsp3) is 0.500. The molecule has 0 bridgehead atoms. The standard InChI is InChI=1S/C18H24ClN7/c19-14-4-6-15(7-5-14)24-9-11-25(12-10-24)18(20)21-13-17-23-22-16-3-1-2-8-26(16)17/h4-7H,1-3,8-13H2,(H2,20,21). The van der Waals surface area contributed by atoms with Crippen molar-refractivity contribution >= 4 is 23.2 Å². The Labute approximate surface area is 158 Å². The number of rotatable bonds is 3. The number of aromatic nitrogens is 3. The zero-order valence-electron chi connectivity index (χ0n) is 14.8. The average molecular weight is 374 g/mol. The van der Waals surface area contributed by atoms with Gasteiger partial charge in [0.05, 0.1) is 0 Å². The molecule has 1 fully saturated rings. The number of aliphatic imine (C=N–C) groups is 1. The number of fused-ring (bicyclic) bond motifs is 1. The van der Waals surface area contributed by atoms with Crippen LogP contribution >= 0.6 is 11.6 Å². The molecule has 26 heavy (non-hydrogen) atoms. The van der Waals surface area contributed by atoms with E-state index in [0.29, 0.717) is 12.5 Å². The zero-order chi connectivity index (χ0) is 17.9. The topological polar surface area (TPSA) is 75.6 Å². The molecule has 1 aromatic heterocycles. The quantitative estimate of drug-likeness (QED) is 0.657. The minimum Gasteiger partial charge on any atom is -0.370 e. The maximum absolute atomic E-state index is 6.23. The molecule has 3 heterocycles. The summed E-state index contributed by atoms with van der Waals surface area (Å²) in [5, 5.41) is 9.32. The van der Waals surface area contributed by atoms with Gasteiger partial charge >= 0.3 is 0 Å². The van der Waals surface area contributed by atoms with Gasteiger partial charge in [0, 0.05) is 49.9 Å². The fourth-order valence-electron chi connectivity index (χ4n) is 3.58. The summed E-state index contributed by atoms with van der Waals surface area (Å²) in [6.45, 7) is 5.03. The molecule has 0 saturated carbocycles. The van der Waals surface area contributed by atoms with Crippen molar-refractivity contribution in [3.05, 3.63) is 40.9 Å². The second-order valence-corrected chi connectivity index (χ2v) is 7.20. The fourth-order valence-corrected chi connectivity index (χ4v) is 3.71. The van der Waals surface area contributed by atoms with E-state index in [1.807, 2.05) is 12.1 Å². The van der Waals surface area contributed by atoms with E-state index in [-0.39, 0.29) is 0 Å². The summed E-state index contributed by atoms with van der Waals surface area (Å²) in [7, 11) is 0. The molecule has 2 aliphatic rings. The lowest BCUT2D eigenvalue weighted by Crippen LogP contribution is -2.51. The minimum atomic E-state index is 0.496. The van der Waals surface area contributed by atoms with Gasteiger partial charge in [-0.15, -0.1) is 10.2 Å². The normalized spacial score (nSPS) is 18.1. The van der Waals surface area contributed by atoms with Gasteiger partial charge < -0.3 is 20.1 Å². The predicted octanol–water partition coefficient (Wildman–Crippen LogP) is 1.90. The molecule has 0 aliphatic carbocycles. The zero-order valence-corrected chi connectivity index (χ0v) is 15.6. The summed E-state index contributed by atoms with van der Waals surface area (Å²) in [6.07, 6.45) is 3.39. The highest BCUT2D eigenvalue weighted by atomic mass is 35.5. The monoisotopic (exact) mass is 373 g/mol. The number of nitrogens with two attached hydrogens (primary N) is 1. The number of anilines is 1. The van der Waals surface area contributed by atoms with Crippen LogP contribution in [0.5, 0.6) is 0 Å². The molecule has 2 aliphatic heterocycles. The predicted molar refractivity (Wildman–Crippen MR) is 104 cm³/mol. The number of aryl methyl sites for hydroxylation is 1. The number of hydrogen-bond donors (Lipinski definition) is 1. The molecule has 138 valence electrons. The molecule has 2 aromatic rings. The van der Waals surface area contributed by atoms with E-state index in [1.54, 1.807) is 0 Å². The van der Waals surface area contributed by atoms with Gasteiger partial charge in [-0.2, -0.15) is 0 Å². The number of nitrogens with zero attached hydrogens (tertiary/aromatic N) is 6. The second-order valence-electron chi connectivity index (χ2n) is 6.77. The number of halogens is 1. The summed E-state index contributed by atoms with van der Waals surface area (Å²) in [5.41, 5.74) is 7.42. The van der Waals surface area contributed by atoms with Crippen molar-refractivity contribution in [3.63, 3.8) is 0 Å². The Morgan fingerprint density at radius 1 is 1.04 bits per heavy atom. The Morgan fingerprint density at radius 2 is 1.81 bits per heavy atom. The number of guanidine groups is 1. The van der Waals surface area contributed by atoms with Crippen LogP contribution in [0.15, 0.2) is 29.3 Å². The van der Waals surface area contributed by atoms with Crippen LogP contribution in [0.1, 0.15) is 24.5 Å². The van der Waals surface area contributed by atoms with Gasteiger partial charge in [0.1, 0.15) is 12.4 Å². The SMILES string of the molecule is NC(=NCc1nnc2n1CCCC2)N1CCN(c2ccc(Cl)cc2)CC1. The van der Waals surface area contributed by atoms with E-state index >= 15 is 0 Å². The van der Waals surface area contributed by atoms with Gasteiger partial charge in [-0.1, -0.05) is 11.6 Å². The van der Waals surface area contributed by atoms with Crippen molar-refractivity contribution < 1.29 is 0 Å². The van der Waals surface area contributed by atoms with Crippen LogP contribution < -0.4 is 10.6 Å². The molecule has 0 radical (unpaired) electrons. The Morgan fingerprint density at radius 3 is 2.58 bits per heavy atom. The van der Waals surface area contributed by atoms with Gasteiger partial charge in [-0.3, -0.25) is 0 Å². The van der Waals surface area contributed by atoms with Gasteiger partial charge in [0.15, 0.2) is 11.8 Å². The van der Waals surface area contributed by atoms with E-state index < -0.39 is 0 Å². The smallest absolute Gasteiger partial charge is 0.191 e. The summed E-state index contributed by atoms with van der Waals surface area (Å²) < 4.78 is 2.19. The molecule has 0 spiro atoms. The van der Waals surface area contributed by atoms with Crippen molar-refractivity contribution in [2.75, 3.05) is 31.1 Å². The van der Waals surface area contributed by atoms with Crippen molar-refractivity contribution in [1.82, 2.24) is 19.7 Å². The third kappa shape index (κ3) is 3.62. The summed E-state index contributed by atoms with van der Waals surface area (Å²) in [4.78, 5) is 9.05. The van der Waals surface area contributed by atoms with E-state index in [2.05, 4.69) is 41.7 Å². The van der Waals surface area contributed by atoms with Crippen molar-refractivity contribution in [2.45, 2.75) is 32.4 Å². The third-order valence-corrected chi connectivity index (χ3v) is 5.37. The van der Waals surface area contributed by atoms with Crippen molar-refractivity contribution in [1.29, 1.82) is 0 Å². The van der Waals surface area contributed by atoms with Crippen LogP contribution in [0.3, 0.4) is 0 Å². The largest absolute Gasteiger partial charge is 0.370 e. The molecule has 2 N–H and O–H groups in total. The van der Waals surface area contributed by atoms with Gasteiger partial charge in [-0.05, 0) is 37.1 Å². The van der Waals surface area contributed by atoms with Crippen LogP contribution in [-0.4, -0.2) is 51.8 Å². The maximum Gasteiger partial charge on any atom is 0.191 e. The molecule has 8 heteroatoms. The van der Waals surface area contributed by atoms with Crippen LogP contribution in [0.4, 0.5) is 5.69 Å². The van der Waals surface area contributed by atoms with Crippen LogP contribution in [0.25, 0.3) is 0 Å². The third-order valence-electron chi connectivity index (χ3n) is 5.11. The lowest BCUT2D eigenvalue weighted by atomic mass is 10.2. The Balaban J connectivity index is 1.34. The van der Waals surface area contributed by atoms with Gasteiger partial charge in [-0.25, -0.2) is 4.99 Å². The highest BCUT2D eigenvalue weighted by molar-refractivity contribution is 6.30. The molecule has 0 atom stereocenters. The van der Waals surface area contributed by atoms with Crippen molar-refractivity contribution in [3.8, 4) is 0 Å². The summed E-state index contributed by atoms with van der Waals surface area (Å²) in [5.74, 6) is 2.59. The lowest BCUT2D eigenvalue weighted by Gasteiger charge is -2.36. The first-order valence-corrected chi connectivity index (χ1v) is 9.55. The number of benzene rings is 1. The summed E-state index contributed by atoms with van der Waals surface area (Å²) >= 11 is 5.97. The molecule has 0 amide bonds. The van der Waals surface area contributed by atoms with Crippen LogP contribution in [0.2, 0.25) is 5.02 Å². The Kier molecular flexibility index (Phi) is 4.97. The Hall–Kier alpha value is -2.28. The van der Waals surface area contributed by atoms with E-state index in [1.165, 1.54) is 18.5 Å². The molecular formula is C18H24ClN7. The first-order chi connectivity index (χ1) is 12.7. The van der Waals surface area contributed by atoms with E-state index in [4.69, 9.17) is 17.3 Å². The molecule has 1 aromatic carbocycles. The minimum absolute atomic E-state index is 0.496. The molecule has 4 rings (SSSR count). The Bertz CT molecular complexity index is 775. The first-order valence-electron chi connectivity index (χ1n) is 9.17. The number of piperazine rings is 1. The van der Waals surface area contributed by atoms with Crippen molar-refractivity contribution in [2.24, 2.45) is 10.7 Å². The summed E-state index contributed by atoms with van der Waals surface area (Å²) in [6, 6.07) is 7.98. The first kappa shape index (κ1) is 17.1. The van der Waals surface area contributed by atoms with Gasteiger partial charge in [0.25, 0.3) is 0 Å². The number of hydrogen-bond acceptors (Lipinski definition) is 4. The highest BCUT2D eigenvalue weighted by Crippen LogP contribution is 2.19. The van der Waals surface area contributed by atoms with E-state index in [0.717, 1.165) is 55.8 Å². The average Bonchev–Trinajstić information content (AvgIpc) is 3.10. The maximum atomic E-state index is 6.23. The molecular weight excluding hydrogens is 350 g/mol. The van der Waals surface area contributed by atoms with Crippen LogP contribution in [0, 0.1) is 0 Å². The van der Waals surface area contributed by atoms with Gasteiger partial charge in [0.2, 0.25) is 0 Å². The molecule has 0 unspecified atom stereocenters. The van der Waals surface area contributed by atoms with E-state index in [9.17, 15) is 0 Å². The lowest BCUT2D eigenvalue weighted by molar-refractivity contribution is 0.380. The molecule has 7 nitrogen and oxygen atoms in total. The molecule has 1 saturated heterocycles. The van der Waals surface area contributed by atoms with Crippen LogP contribution in [-0.2, 0) is 19.5 Å².